The summed E-state index contributed by atoms with van der Waals surface area (Å²) >= 11 is 0. The molecule has 0 fully saturated rings. The maximum atomic E-state index is 12.9. The topological polar surface area (TPSA) is 35.5 Å². The van der Waals surface area contributed by atoms with Crippen molar-refractivity contribution in [3.63, 3.8) is 0 Å². The van der Waals surface area contributed by atoms with Crippen molar-refractivity contribution in [2.24, 2.45) is 0 Å². The van der Waals surface area contributed by atoms with Gasteiger partial charge < -0.3 is 9.05 Å². The molecule has 2 rings (SSSR count). The van der Waals surface area contributed by atoms with Crippen LogP contribution in [-0.4, -0.2) is 14.2 Å². The smallest absolute Gasteiger partial charge is 0.309 e. The van der Waals surface area contributed by atoms with Gasteiger partial charge in [0, 0.05) is 20.1 Å². The third-order valence-electron chi connectivity index (χ3n) is 3.66. The number of hydrogen-bond donors (Lipinski definition) is 0. The Morgan fingerprint density at radius 3 is 2.24 bits per heavy atom. The molecule has 1 aromatic carbocycles. The summed E-state index contributed by atoms with van der Waals surface area (Å²) in [5, 5.41) is 0.678. The first-order chi connectivity index (χ1) is 10.0. The Balaban J connectivity index is 2.63. The molecule has 21 heavy (non-hydrogen) atoms. The zero-order valence-electron chi connectivity index (χ0n) is 12.9. The summed E-state index contributed by atoms with van der Waals surface area (Å²) < 4.78 is 23.3. The molecule has 4 heteroatoms. The van der Waals surface area contributed by atoms with Gasteiger partial charge in [-0.25, -0.2) is 0 Å². The first kappa shape index (κ1) is 16.0. The quantitative estimate of drug-likeness (QED) is 0.730. The summed E-state index contributed by atoms with van der Waals surface area (Å²) in [6.07, 6.45) is 5.81. The second kappa shape index (κ2) is 6.57. The summed E-state index contributed by atoms with van der Waals surface area (Å²) in [6.45, 7) is 4.12. The Kier molecular flexibility index (Phi) is 5.00. The Hall–Kier alpha value is -1.41. The van der Waals surface area contributed by atoms with Crippen molar-refractivity contribution in [1.29, 1.82) is 0 Å². The monoisotopic (exact) mass is 304 g/mol. The molecule has 3 nitrogen and oxygen atoms in total. The molecule has 0 N–H and O–H groups in total. The average Bonchev–Trinajstić information content (AvgIpc) is 2.54. The van der Waals surface area contributed by atoms with Crippen molar-refractivity contribution in [2.45, 2.75) is 19.8 Å². The molecule has 0 aliphatic heterocycles. The van der Waals surface area contributed by atoms with E-state index in [1.807, 2.05) is 42.5 Å². The fourth-order valence-corrected chi connectivity index (χ4v) is 4.03. The standard InChI is InChI=1S/C17H21O3P/c1-13(2)15-11-8-12-16(21(18,19-3)20-4)17(15)14-9-6-5-7-10-14/h5-12,17H,1-4H3. The van der Waals surface area contributed by atoms with E-state index < -0.39 is 7.60 Å². The molecule has 1 aliphatic rings. The van der Waals surface area contributed by atoms with Crippen molar-refractivity contribution in [2.75, 3.05) is 14.2 Å². The van der Waals surface area contributed by atoms with Crippen molar-refractivity contribution in [3.8, 4) is 0 Å². The van der Waals surface area contributed by atoms with Gasteiger partial charge in [-0.15, -0.1) is 0 Å². The molecular weight excluding hydrogens is 283 g/mol. The molecule has 0 amide bonds. The van der Waals surface area contributed by atoms with E-state index in [1.54, 1.807) is 0 Å². The Morgan fingerprint density at radius 2 is 1.71 bits per heavy atom. The summed E-state index contributed by atoms with van der Waals surface area (Å²) in [7, 11) is -0.431. The van der Waals surface area contributed by atoms with Gasteiger partial charge in [-0.05, 0) is 31.1 Å². The van der Waals surface area contributed by atoms with Crippen molar-refractivity contribution < 1.29 is 13.6 Å². The molecule has 0 bridgehead atoms. The molecule has 1 atom stereocenters. The summed E-state index contributed by atoms with van der Waals surface area (Å²) in [5.74, 6) is -0.105. The first-order valence-electron chi connectivity index (χ1n) is 6.86. The highest BCUT2D eigenvalue weighted by molar-refractivity contribution is 7.58. The minimum Gasteiger partial charge on any atom is -0.309 e. The number of hydrogen-bond acceptors (Lipinski definition) is 3. The van der Waals surface area contributed by atoms with Gasteiger partial charge >= 0.3 is 7.60 Å². The second-order valence-corrected chi connectivity index (χ2v) is 7.35. The lowest BCUT2D eigenvalue weighted by molar-refractivity contribution is 0.281. The van der Waals surface area contributed by atoms with E-state index in [2.05, 4.69) is 19.9 Å². The zero-order chi connectivity index (χ0) is 15.5. The molecule has 0 saturated heterocycles. The highest BCUT2D eigenvalue weighted by Crippen LogP contribution is 2.62. The molecule has 0 spiro atoms. The second-order valence-electron chi connectivity index (χ2n) is 5.11. The highest BCUT2D eigenvalue weighted by atomic mass is 31.2. The van der Waals surface area contributed by atoms with Gasteiger partial charge in [0.05, 0.1) is 5.31 Å². The zero-order valence-corrected chi connectivity index (χ0v) is 13.8. The van der Waals surface area contributed by atoms with Crippen LogP contribution < -0.4 is 0 Å². The van der Waals surface area contributed by atoms with Gasteiger partial charge in [0.2, 0.25) is 0 Å². The fraction of sp³-hybridized carbons (Fsp3) is 0.294. The lowest BCUT2D eigenvalue weighted by Crippen LogP contribution is -2.11. The van der Waals surface area contributed by atoms with Gasteiger partial charge in [0.25, 0.3) is 0 Å². The number of allylic oxidation sites excluding steroid dienone is 6. The normalized spacial score (nSPS) is 18.6. The molecule has 0 heterocycles. The fourth-order valence-electron chi connectivity index (χ4n) is 2.59. The van der Waals surface area contributed by atoms with E-state index in [1.165, 1.54) is 19.8 Å². The predicted octanol–water partition coefficient (Wildman–Crippen LogP) is 5.05. The Morgan fingerprint density at radius 1 is 1.10 bits per heavy atom. The van der Waals surface area contributed by atoms with Crippen LogP contribution in [0.1, 0.15) is 25.3 Å². The van der Waals surface area contributed by atoms with Gasteiger partial charge in [0.15, 0.2) is 0 Å². The Bertz CT molecular complexity index is 629. The SMILES string of the molecule is COP(=O)(OC)C1=CC=CC(=C(C)C)C1c1ccccc1. The van der Waals surface area contributed by atoms with Crippen LogP contribution >= 0.6 is 7.60 Å². The molecule has 112 valence electrons. The molecular formula is C17H21O3P. The maximum Gasteiger partial charge on any atom is 0.357 e. The van der Waals surface area contributed by atoms with Crippen LogP contribution in [0, 0.1) is 0 Å². The van der Waals surface area contributed by atoms with Crippen LogP contribution in [0.15, 0.2) is 65.0 Å². The van der Waals surface area contributed by atoms with Crippen molar-refractivity contribution >= 4 is 7.60 Å². The number of benzene rings is 1. The summed E-state index contributed by atoms with van der Waals surface area (Å²) in [6, 6.07) is 10.0. The van der Waals surface area contributed by atoms with E-state index in [0.29, 0.717) is 5.31 Å². The van der Waals surface area contributed by atoms with Gasteiger partial charge in [-0.1, -0.05) is 48.1 Å². The van der Waals surface area contributed by atoms with Crippen molar-refractivity contribution in [3.05, 3.63) is 70.6 Å². The van der Waals surface area contributed by atoms with Gasteiger partial charge in [-0.3, -0.25) is 4.57 Å². The minimum absolute atomic E-state index is 0.105. The summed E-state index contributed by atoms with van der Waals surface area (Å²) in [5.41, 5.74) is 3.40. The largest absolute Gasteiger partial charge is 0.357 e. The van der Waals surface area contributed by atoms with Crippen LogP contribution in [-0.2, 0) is 13.6 Å². The molecule has 0 saturated carbocycles. The van der Waals surface area contributed by atoms with Crippen LogP contribution in [0.4, 0.5) is 0 Å². The summed E-state index contributed by atoms with van der Waals surface area (Å²) in [4.78, 5) is 0. The molecule has 1 aromatic rings. The molecule has 1 aliphatic carbocycles. The number of rotatable bonds is 4. The maximum absolute atomic E-state index is 12.9. The van der Waals surface area contributed by atoms with Crippen LogP contribution in [0.2, 0.25) is 0 Å². The third kappa shape index (κ3) is 3.11. The van der Waals surface area contributed by atoms with E-state index in [0.717, 1.165) is 11.1 Å². The van der Waals surface area contributed by atoms with E-state index in [9.17, 15) is 4.57 Å². The van der Waals surface area contributed by atoms with Crippen LogP contribution in [0.25, 0.3) is 0 Å². The lowest BCUT2D eigenvalue weighted by atomic mass is 9.85. The van der Waals surface area contributed by atoms with Gasteiger partial charge in [0.1, 0.15) is 0 Å². The van der Waals surface area contributed by atoms with E-state index >= 15 is 0 Å². The first-order valence-corrected chi connectivity index (χ1v) is 8.40. The average molecular weight is 304 g/mol. The van der Waals surface area contributed by atoms with E-state index in [-0.39, 0.29) is 5.92 Å². The van der Waals surface area contributed by atoms with Crippen molar-refractivity contribution in [1.82, 2.24) is 0 Å². The van der Waals surface area contributed by atoms with Crippen LogP contribution in [0.5, 0.6) is 0 Å². The van der Waals surface area contributed by atoms with Crippen LogP contribution in [0.3, 0.4) is 0 Å². The van der Waals surface area contributed by atoms with E-state index in [4.69, 9.17) is 9.05 Å². The molecule has 0 radical (unpaired) electrons. The molecule has 1 unspecified atom stereocenters. The molecule has 0 aromatic heterocycles. The highest BCUT2D eigenvalue weighted by Gasteiger charge is 2.37. The predicted molar refractivity (Wildman–Crippen MR) is 86.4 cm³/mol. The van der Waals surface area contributed by atoms with Gasteiger partial charge in [-0.2, -0.15) is 0 Å². The lowest BCUT2D eigenvalue weighted by Gasteiger charge is -2.29. The minimum atomic E-state index is -3.28. The Labute approximate surface area is 126 Å². The third-order valence-corrected chi connectivity index (χ3v) is 5.66.